The van der Waals surface area contributed by atoms with Crippen molar-refractivity contribution >= 4 is 23.1 Å². The van der Waals surface area contributed by atoms with Gasteiger partial charge in [-0.05, 0) is 37.1 Å². The number of amides is 2. The number of ether oxygens (including phenoxy) is 2. The van der Waals surface area contributed by atoms with Crippen LogP contribution in [0.15, 0.2) is 42.2 Å². The van der Waals surface area contributed by atoms with E-state index in [-0.39, 0.29) is 11.3 Å². The maximum absolute atomic E-state index is 13.0. The Labute approximate surface area is 151 Å². The van der Waals surface area contributed by atoms with Crippen LogP contribution in [-0.4, -0.2) is 31.1 Å². The van der Waals surface area contributed by atoms with Crippen molar-refractivity contribution < 1.29 is 24.2 Å². The van der Waals surface area contributed by atoms with E-state index in [0.717, 1.165) is 16.0 Å². The van der Waals surface area contributed by atoms with Crippen molar-refractivity contribution in [1.29, 1.82) is 0 Å². The SMILES string of the molecule is COc1ccc(N2C(=O)C(O)=C(c3ccc(C)cc3C)C2=O)c(OC)c1. The number of hydrogen-bond acceptors (Lipinski definition) is 5. The number of benzene rings is 2. The van der Waals surface area contributed by atoms with E-state index >= 15 is 0 Å². The number of methoxy groups -OCH3 is 2. The van der Waals surface area contributed by atoms with Gasteiger partial charge in [-0.2, -0.15) is 0 Å². The standard InChI is InChI=1S/C20H19NO5/c1-11-5-7-14(12(2)9-11)17-18(22)20(24)21(19(17)23)15-8-6-13(25-3)10-16(15)26-4/h5-10,22H,1-4H3. The summed E-state index contributed by atoms with van der Waals surface area (Å²) in [5, 5.41) is 10.4. The third-order valence-electron chi connectivity index (χ3n) is 4.34. The molecule has 1 N–H and O–H groups in total. The second-order valence-electron chi connectivity index (χ2n) is 6.03. The first-order chi connectivity index (χ1) is 12.4. The summed E-state index contributed by atoms with van der Waals surface area (Å²) in [6.07, 6.45) is 0. The molecule has 2 aromatic rings. The van der Waals surface area contributed by atoms with Gasteiger partial charge in [0.05, 0.1) is 25.5 Å². The molecule has 0 atom stereocenters. The molecule has 1 heterocycles. The normalized spacial score (nSPS) is 14.2. The number of imide groups is 1. The van der Waals surface area contributed by atoms with Gasteiger partial charge in [0, 0.05) is 6.07 Å². The fourth-order valence-corrected chi connectivity index (χ4v) is 3.04. The highest BCUT2D eigenvalue weighted by Crippen LogP contribution is 2.39. The molecule has 0 saturated heterocycles. The van der Waals surface area contributed by atoms with E-state index in [1.54, 1.807) is 24.3 Å². The number of aliphatic hydroxyl groups excluding tert-OH is 1. The van der Waals surface area contributed by atoms with Crippen molar-refractivity contribution in [2.75, 3.05) is 19.1 Å². The highest BCUT2D eigenvalue weighted by molar-refractivity contribution is 6.45. The van der Waals surface area contributed by atoms with Gasteiger partial charge in [-0.15, -0.1) is 0 Å². The van der Waals surface area contributed by atoms with Gasteiger partial charge in [-0.3, -0.25) is 9.59 Å². The molecule has 3 rings (SSSR count). The molecular weight excluding hydrogens is 334 g/mol. The monoisotopic (exact) mass is 353 g/mol. The van der Waals surface area contributed by atoms with E-state index in [1.807, 2.05) is 26.0 Å². The Morgan fingerprint density at radius 1 is 0.923 bits per heavy atom. The summed E-state index contributed by atoms with van der Waals surface area (Å²) in [6.45, 7) is 3.76. The summed E-state index contributed by atoms with van der Waals surface area (Å²) in [7, 11) is 2.94. The van der Waals surface area contributed by atoms with E-state index in [2.05, 4.69) is 0 Å². The molecule has 0 bridgehead atoms. The van der Waals surface area contributed by atoms with Gasteiger partial charge in [0.1, 0.15) is 11.5 Å². The van der Waals surface area contributed by atoms with Gasteiger partial charge in [0.25, 0.3) is 5.91 Å². The average molecular weight is 353 g/mol. The second kappa shape index (κ2) is 6.55. The zero-order valence-corrected chi connectivity index (χ0v) is 15.0. The van der Waals surface area contributed by atoms with Crippen LogP contribution in [-0.2, 0) is 9.59 Å². The van der Waals surface area contributed by atoms with Crippen molar-refractivity contribution in [1.82, 2.24) is 0 Å². The number of carbonyl (C=O) groups excluding carboxylic acids is 2. The van der Waals surface area contributed by atoms with Crippen molar-refractivity contribution in [3.8, 4) is 11.5 Å². The van der Waals surface area contributed by atoms with Crippen LogP contribution in [0.1, 0.15) is 16.7 Å². The highest BCUT2D eigenvalue weighted by Gasteiger charge is 2.41. The summed E-state index contributed by atoms with van der Waals surface area (Å²) < 4.78 is 10.4. The van der Waals surface area contributed by atoms with E-state index < -0.39 is 17.6 Å². The molecule has 0 unspecified atom stereocenters. The Morgan fingerprint density at radius 3 is 2.27 bits per heavy atom. The number of anilines is 1. The quantitative estimate of drug-likeness (QED) is 0.855. The summed E-state index contributed by atoms with van der Waals surface area (Å²) in [6, 6.07) is 10.2. The summed E-state index contributed by atoms with van der Waals surface area (Å²) in [4.78, 5) is 26.5. The van der Waals surface area contributed by atoms with Gasteiger partial charge in [-0.25, -0.2) is 4.90 Å². The predicted octanol–water partition coefficient (Wildman–Crippen LogP) is 3.16. The molecule has 0 radical (unpaired) electrons. The largest absolute Gasteiger partial charge is 0.502 e. The maximum atomic E-state index is 13.0. The molecule has 134 valence electrons. The lowest BCUT2D eigenvalue weighted by Crippen LogP contribution is -2.32. The lowest BCUT2D eigenvalue weighted by molar-refractivity contribution is -0.121. The minimum atomic E-state index is -0.784. The first-order valence-corrected chi connectivity index (χ1v) is 8.00. The Hall–Kier alpha value is -3.28. The summed E-state index contributed by atoms with van der Waals surface area (Å²) in [5.41, 5.74) is 2.59. The molecule has 1 aliphatic rings. The molecule has 0 aromatic heterocycles. The summed E-state index contributed by atoms with van der Waals surface area (Å²) in [5.74, 6) is -1.13. The third kappa shape index (κ3) is 2.69. The minimum Gasteiger partial charge on any atom is -0.502 e. The zero-order valence-electron chi connectivity index (χ0n) is 15.0. The molecule has 0 fully saturated rings. The summed E-state index contributed by atoms with van der Waals surface area (Å²) >= 11 is 0. The lowest BCUT2D eigenvalue weighted by Gasteiger charge is -2.18. The number of nitrogens with zero attached hydrogens (tertiary/aromatic N) is 1. The fraction of sp³-hybridized carbons (Fsp3) is 0.200. The number of hydrogen-bond donors (Lipinski definition) is 1. The van der Waals surface area contributed by atoms with Gasteiger partial charge in [0.2, 0.25) is 0 Å². The Bertz CT molecular complexity index is 945. The molecule has 26 heavy (non-hydrogen) atoms. The third-order valence-corrected chi connectivity index (χ3v) is 4.34. The molecule has 2 amide bonds. The van der Waals surface area contributed by atoms with Crippen molar-refractivity contribution in [2.24, 2.45) is 0 Å². The highest BCUT2D eigenvalue weighted by atomic mass is 16.5. The second-order valence-corrected chi connectivity index (χ2v) is 6.03. The molecule has 0 spiro atoms. The van der Waals surface area contributed by atoms with Crippen LogP contribution in [0.3, 0.4) is 0 Å². The van der Waals surface area contributed by atoms with Crippen molar-refractivity contribution in [3.63, 3.8) is 0 Å². The molecule has 0 saturated carbocycles. The Morgan fingerprint density at radius 2 is 1.65 bits per heavy atom. The van der Waals surface area contributed by atoms with Crippen LogP contribution in [0.2, 0.25) is 0 Å². The van der Waals surface area contributed by atoms with E-state index in [9.17, 15) is 14.7 Å². The van der Waals surface area contributed by atoms with Crippen LogP contribution >= 0.6 is 0 Å². The van der Waals surface area contributed by atoms with Crippen molar-refractivity contribution in [3.05, 3.63) is 58.8 Å². The average Bonchev–Trinajstić information content (AvgIpc) is 2.84. The van der Waals surface area contributed by atoms with Crippen LogP contribution in [0, 0.1) is 13.8 Å². The van der Waals surface area contributed by atoms with Crippen LogP contribution in [0.25, 0.3) is 5.57 Å². The Kier molecular flexibility index (Phi) is 4.42. The van der Waals surface area contributed by atoms with Crippen molar-refractivity contribution in [2.45, 2.75) is 13.8 Å². The van der Waals surface area contributed by atoms with Gasteiger partial charge in [-0.1, -0.05) is 23.8 Å². The first-order valence-electron chi connectivity index (χ1n) is 8.00. The molecular formula is C20H19NO5. The smallest absolute Gasteiger partial charge is 0.301 e. The van der Waals surface area contributed by atoms with Gasteiger partial charge < -0.3 is 14.6 Å². The van der Waals surface area contributed by atoms with Crippen LogP contribution < -0.4 is 14.4 Å². The van der Waals surface area contributed by atoms with Gasteiger partial charge in [0.15, 0.2) is 5.76 Å². The molecule has 0 aliphatic carbocycles. The van der Waals surface area contributed by atoms with Gasteiger partial charge >= 0.3 is 5.91 Å². The number of rotatable bonds is 4. The fourth-order valence-electron chi connectivity index (χ4n) is 3.04. The first kappa shape index (κ1) is 17.5. The topological polar surface area (TPSA) is 76.1 Å². The predicted molar refractivity (Wildman–Crippen MR) is 97.5 cm³/mol. The molecule has 1 aliphatic heterocycles. The van der Waals surface area contributed by atoms with Crippen LogP contribution in [0.5, 0.6) is 11.5 Å². The zero-order chi connectivity index (χ0) is 19.0. The molecule has 6 nitrogen and oxygen atoms in total. The van der Waals surface area contributed by atoms with E-state index in [0.29, 0.717) is 17.1 Å². The lowest BCUT2D eigenvalue weighted by atomic mass is 9.98. The molecule has 6 heteroatoms. The minimum absolute atomic E-state index is 0.00892. The number of aliphatic hydroxyl groups is 1. The number of carbonyl (C=O) groups is 2. The van der Waals surface area contributed by atoms with E-state index in [1.165, 1.54) is 14.2 Å². The Balaban J connectivity index is 2.09. The molecule has 2 aromatic carbocycles. The number of aryl methyl sites for hydroxylation is 2. The van der Waals surface area contributed by atoms with E-state index in [4.69, 9.17) is 9.47 Å². The van der Waals surface area contributed by atoms with Crippen LogP contribution in [0.4, 0.5) is 5.69 Å². The maximum Gasteiger partial charge on any atom is 0.301 e.